The Morgan fingerprint density at radius 3 is 2.31 bits per heavy atom. The second kappa shape index (κ2) is 5.57. The third-order valence-electron chi connectivity index (χ3n) is 1.79. The van der Waals surface area contributed by atoms with Gasteiger partial charge in [-0.2, -0.15) is 13.2 Å². The molecule has 16 heavy (non-hydrogen) atoms. The lowest BCUT2D eigenvalue weighted by atomic mass is 10.3. The van der Waals surface area contributed by atoms with Crippen LogP contribution in [-0.4, -0.2) is 47.8 Å². The van der Waals surface area contributed by atoms with Crippen LogP contribution in [-0.2, 0) is 4.79 Å². The number of rotatable bonds is 4. The van der Waals surface area contributed by atoms with E-state index in [0.717, 1.165) is 11.9 Å². The molecule has 0 aliphatic rings. The van der Waals surface area contributed by atoms with E-state index < -0.39 is 37.2 Å². The average Bonchev–Trinajstić information content (AvgIpc) is 2.12. The van der Waals surface area contributed by atoms with Crippen molar-refractivity contribution in [2.75, 3.05) is 13.6 Å². The Hall–Kier alpha value is -1.47. The van der Waals surface area contributed by atoms with E-state index in [4.69, 9.17) is 5.11 Å². The maximum absolute atomic E-state index is 11.8. The van der Waals surface area contributed by atoms with Crippen molar-refractivity contribution < 1.29 is 27.9 Å². The van der Waals surface area contributed by atoms with Crippen LogP contribution in [0.5, 0.6) is 0 Å². The summed E-state index contributed by atoms with van der Waals surface area (Å²) in [5, 5.41) is 10.5. The molecule has 2 amide bonds. The molecule has 0 aromatic carbocycles. The van der Waals surface area contributed by atoms with E-state index in [9.17, 15) is 22.8 Å². The van der Waals surface area contributed by atoms with Crippen LogP contribution in [0.2, 0.25) is 0 Å². The highest BCUT2D eigenvalue weighted by atomic mass is 19.4. The van der Waals surface area contributed by atoms with Gasteiger partial charge in [-0.15, -0.1) is 0 Å². The van der Waals surface area contributed by atoms with Crippen molar-refractivity contribution in [2.45, 2.75) is 25.6 Å². The van der Waals surface area contributed by atoms with E-state index in [1.54, 1.807) is 0 Å². The summed E-state index contributed by atoms with van der Waals surface area (Å²) in [4.78, 5) is 22.3. The van der Waals surface area contributed by atoms with Gasteiger partial charge in [0.15, 0.2) is 0 Å². The van der Waals surface area contributed by atoms with E-state index in [1.807, 2.05) is 5.32 Å². The van der Waals surface area contributed by atoms with E-state index in [1.165, 1.54) is 6.92 Å². The minimum atomic E-state index is -4.34. The predicted octanol–water partition coefficient (Wildman–Crippen LogP) is 1.05. The summed E-state index contributed by atoms with van der Waals surface area (Å²) in [5.74, 6) is -1.25. The zero-order valence-electron chi connectivity index (χ0n) is 8.84. The SMILES string of the molecule is CC(NC(=O)N(C)CCC(F)(F)F)C(=O)O. The maximum atomic E-state index is 11.8. The normalized spacial score (nSPS) is 13.1. The monoisotopic (exact) mass is 242 g/mol. The fourth-order valence-electron chi connectivity index (χ4n) is 0.753. The number of urea groups is 1. The maximum Gasteiger partial charge on any atom is 0.390 e. The first kappa shape index (κ1) is 14.5. The number of aliphatic carboxylic acids is 1. The van der Waals surface area contributed by atoms with Crippen LogP contribution in [0.3, 0.4) is 0 Å². The summed E-state index contributed by atoms with van der Waals surface area (Å²) in [6.07, 6.45) is -5.47. The van der Waals surface area contributed by atoms with Gasteiger partial charge in [0.05, 0.1) is 6.42 Å². The van der Waals surface area contributed by atoms with Gasteiger partial charge < -0.3 is 15.3 Å². The molecule has 0 aliphatic heterocycles. The highest BCUT2D eigenvalue weighted by Crippen LogP contribution is 2.19. The number of nitrogens with zero attached hydrogens (tertiary/aromatic N) is 1. The molecule has 0 spiro atoms. The van der Waals surface area contributed by atoms with Gasteiger partial charge in [0, 0.05) is 13.6 Å². The molecule has 0 aromatic heterocycles. The molecule has 0 heterocycles. The van der Waals surface area contributed by atoms with Crippen molar-refractivity contribution in [1.29, 1.82) is 0 Å². The number of hydrogen-bond acceptors (Lipinski definition) is 2. The van der Waals surface area contributed by atoms with Gasteiger partial charge in [0.25, 0.3) is 0 Å². The molecule has 0 aromatic rings. The molecule has 1 unspecified atom stereocenters. The molecule has 0 radical (unpaired) electrons. The van der Waals surface area contributed by atoms with Crippen LogP contribution >= 0.6 is 0 Å². The number of halogens is 3. The minimum absolute atomic E-state index is 0.512. The van der Waals surface area contributed by atoms with Gasteiger partial charge >= 0.3 is 18.2 Å². The zero-order chi connectivity index (χ0) is 12.9. The largest absolute Gasteiger partial charge is 0.480 e. The molecule has 0 bridgehead atoms. The number of alkyl halides is 3. The van der Waals surface area contributed by atoms with Crippen LogP contribution < -0.4 is 5.32 Å². The zero-order valence-corrected chi connectivity index (χ0v) is 8.84. The lowest BCUT2D eigenvalue weighted by Crippen LogP contribution is -2.45. The molecule has 0 fully saturated rings. The summed E-state index contributed by atoms with van der Waals surface area (Å²) in [5.41, 5.74) is 0. The first-order valence-electron chi connectivity index (χ1n) is 4.44. The quantitative estimate of drug-likeness (QED) is 0.774. The van der Waals surface area contributed by atoms with Crippen molar-refractivity contribution in [3.05, 3.63) is 0 Å². The second-order valence-corrected chi connectivity index (χ2v) is 3.30. The standard InChI is InChI=1S/C8H13F3N2O3/c1-5(6(14)15)12-7(16)13(2)4-3-8(9,10)11/h5H,3-4H2,1-2H3,(H,12,16)(H,14,15). The summed E-state index contributed by atoms with van der Waals surface area (Å²) < 4.78 is 35.5. The van der Waals surface area contributed by atoms with Crippen molar-refractivity contribution in [1.82, 2.24) is 10.2 Å². The van der Waals surface area contributed by atoms with Gasteiger partial charge in [-0.05, 0) is 6.92 Å². The molecular weight excluding hydrogens is 229 g/mol. The molecule has 0 aliphatic carbocycles. The van der Waals surface area contributed by atoms with Crippen molar-refractivity contribution >= 4 is 12.0 Å². The summed E-state index contributed by atoms with van der Waals surface area (Å²) in [7, 11) is 1.16. The van der Waals surface area contributed by atoms with E-state index in [2.05, 4.69) is 0 Å². The Balaban J connectivity index is 4.05. The molecule has 0 saturated heterocycles. The average molecular weight is 242 g/mol. The van der Waals surface area contributed by atoms with E-state index in [0.29, 0.717) is 0 Å². The second-order valence-electron chi connectivity index (χ2n) is 3.30. The fourth-order valence-corrected chi connectivity index (χ4v) is 0.753. The van der Waals surface area contributed by atoms with Crippen LogP contribution in [0.4, 0.5) is 18.0 Å². The summed E-state index contributed by atoms with van der Waals surface area (Å²) in [6.45, 7) is 0.708. The van der Waals surface area contributed by atoms with E-state index in [-0.39, 0.29) is 0 Å². The lowest BCUT2D eigenvalue weighted by Gasteiger charge is -2.20. The first-order valence-corrected chi connectivity index (χ1v) is 4.44. The smallest absolute Gasteiger partial charge is 0.390 e. The number of carboxylic acid groups (broad SMARTS) is 1. The molecule has 5 nitrogen and oxygen atoms in total. The Kier molecular flexibility index (Phi) is 5.06. The summed E-state index contributed by atoms with van der Waals surface area (Å²) in [6, 6.07) is -1.99. The number of carbonyl (C=O) groups excluding carboxylic acids is 1. The number of carboxylic acids is 1. The lowest BCUT2D eigenvalue weighted by molar-refractivity contribution is -0.139. The Morgan fingerprint density at radius 2 is 1.94 bits per heavy atom. The summed E-state index contributed by atoms with van der Waals surface area (Å²) >= 11 is 0. The van der Waals surface area contributed by atoms with E-state index >= 15 is 0 Å². The topological polar surface area (TPSA) is 69.6 Å². The molecule has 0 saturated carbocycles. The van der Waals surface area contributed by atoms with Crippen molar-refractivity contribution in [3.63, 3.8) is 0 Å². The number of amides is 2. The van der Waals surface area contributed by atoms with Crippen molar-refractivity contribution in [2.24, 2.45) is 0 Å². The van der Waals surface area contributed by atoms with Gasteiger partial charge in [0.2, 0.25) is 0 Å². The van der Waals surface area contributed by atoms with Gasteiger partial charge in [-0.25, -0.2) is 4.79 Å². The third-order valence-corrected chi connectivity index (χ3v) is 1.79. The molecule has 2 N–H and O–H groups in total. The Morgan fingerprint density at radius 1 is 1.44 bits per heavy atom. The molecule has 8 heteroatoms. The van der Waals surface area contributed by atoms with Gasteiger partial charge in [-0.3, -0.25) is 4.79 Å². The minimum Gasteiger partial charge on any atom is -0.480 e. The number of hydrogen-bond donors (Lipinski definition) is 2. The van der Waals surface area contributed by atoms with Gasteiger partial charge in [0.1, 0.15) is 6.04 Å². The van der Waals surface area contributed by atoms with Crippen LogP contribution in [0.25, 0.3) is 0 Å². The predicted molar refractivity (Wildman–Crippen MR) is 48.9 cm³/mol. The molecule has 1 atom stereocenters. The van der Waals surface area contributed by atoms with Crippen LogP contribution in [0, 0.1) is 0 Å². The molecule has 0 rings (SSSR count). The third kappa shape index (κ3) is 6.10. The number of nitrogens with one attached hydrogen (secondary N) is 1. The Bertz CT molecular complexity index is 268. The molecule has 94 valence electrons. The van der Waals surface area contributed by atoms with Crippen molar-refractivity contribution in [3.8, 4) is 0 Å². The highest BCUT2D eigenvalue weighted by Gasteiger charge is 2.28. The highest BCUT2D eigenvalue weighted by molar-refractivity contribution is 5.82. The Labute approximate surface area is 90.2 Å². The van der Waals surface area contributed by atoms with Crippen LogP contribution in [0.15, 0.2) is 0 Å². The first-order chi connectivity index (χ1) is 7.13. The fraction of sp³-hybridized carbons (Fsp3) is 0.750. The number of carbonyl (C=O) groups is 2. The van der Waals surface area contributed by atoms with Crippen LogP contribution in [0.1, 0.15) is 13.3 Å². The van der Waals surface area contributed by atoms with Gasteiger partial charge in [-0.1, -0.05) is 0 Å². The molecular formula is C8H13F3N2O3.